The third-order valence-corrected chi connectivity index (χ3v) is 2.67. The molecule has 0 radical (unpaired) electrons. The Morgan fingerprint density at radius 3 is 3.06 bits per heavy atom. The van der Waals surface area contributed by atoms with Crippen molar-refractivity contribution in [3.8, 4) is 11.8 Å². The monoisotopic (exact) mass is 223 g/mol. The number of ether oxygens (including phenoxy) is 2. The first kappa shape index (κ1) is 11.1. The van der Waals surface area contributed by atoms with Crippen LogP contribution in [0.3, 0.4) is 0 Å². The van der Waals surface area contributed by atoms with E-state index in [0.717, 1.165) is 13.1 Å². The second-order valence-electron chi connectivity index (χ2n) is 3.92. The minimum Gasteiger partial charge on any atom is -0.480 e. The Labute approximate surface area is 95.2 Å². The van der Waals surface area contributed by atoms with E-state index in [2.05, 4.69) is 15.3 Å². The van der Waals surface area contributed by atoms with Crippen molar-refractivity contribution in [1.29, 1.82) is 0 Å². The van der Waals surface area contributed by atoms with Gasteiger partial charge in [-0.25, -0.2) is 0 Å². The molecule has 16 heavy (non-hydrogen) atoms. The number of aromatic nitrogens is 2. The van der Waals surface area contributed by atoms with Crippen LogP contribution in [0.25, 0.3) is 0 Å². The van der Waals surface area contributed by atoms with Gasteiger partial charge >= 0.3 is 0 Å². The van der Waals surface area contributed by atoms with E-state index in [1.54, 1.807) is 19.5 Å². The summed E-state index contributed by atoms with van der Waals surface area (Å²) in [6.45, 7) is 2.84. The third-order valence-electron chi connectivity index (χ3n) is 2.67. The zero-order chi connectivity index (χ0) is 11.2. The van der Waals surface area contributed by atoms with Gasteiger partial charge in [0.05, 0.1) is 26.1 Å². The molecular formula is C11H17N3O2. The molecule has 1 aromatic heterocycles. The fraction of sp³-hybridized carbons (Fsp3) is 0.636. The van der Waals surface area contributed by atoms with Gasteiger partial charge < -0.3 is 14.8 Å². The van der Waals surface area contributed by atoms with Gasteiger partial charge in [0.1, 0.15) is 0 Å². The molecule has 0 aromatic carbocycles. The van der Waals surface area contributed by atoms with Crippen LogP contribution in [0.15, 0.2) is 12.4 Å². The van der Waals surface area contributed by atoms with Crippen molar-refractivity contribution in [2.45, 2.75) is 12.8 Å². The first-order chi connectivity index (χ1) is 7.88. The van der Waals surface area contributed by atoms with Gasteiger partial charge in [-0.05, 0) is 19.4 Å². The highest BCUT2D eigenvalue weighted by Crippen LogP contribution is 2.14. The first-order valence-electron chi connectivity index (χ1n) is 5.58. The molecule has 88 valence electrons. The predicted octanol–water partition coefficient (Wildman–Crippen LogP) is 0.864. The quantitative estimate of drug-likeness (QED) is 0.820. The van der Waals surface area contributed by atoms with E-state index < -0.39 is 0 Å². The molecule has 1 aliphatic rings. The smallest absolute Gasteiger partial charge is 0.235 e. The highest BCUT2D eigenvalue weighted by molar-refractivity contribution is 5.12. The normalized spacial score (nSPS) is 20.4. The van der Waals surface area contributed by atoms with Gasteiger partial charge in [0.2, 0.25) is 11.8 Å². The Morgan fingerprint density at radius 2 is 2.31 bits per heavy atom. The molecule has 0 bridgehead atoms. The molecule has 2 heterocycles. The van der Waals surface area contributed by atoms with Crippen LogP contribution in [-0.4, -0.2) is 36.8 Å². The number of nitrogens with zero attached hydrogens (tertiary/aromatic N) is 2. The topological polar surface area (TPSA) is 56.3 Å². The average Bonchev–Trinajstić information content (AvgIpc) is 2.38. The molecule has 1 N–H and O–H groups in total. The fourth-order valence-corrected chi connectivity index (χ4v) is 1.77. The van der Waals surface area contributed by atoms with Gasteiger partial charge in [0.15, 0.2) is 0 Å². The molecule has 1 saturated heterocycles. The lowest BCUT2D eigenvalue weighted by molar-refractivity contribution is 0.209. The molecule has 1 atom stereocenters. The van der Waals surface area contributed by atoms with Gasteiger partial charge in [-0.3, -0.25) is 4.98 Å². The maximum absolute atomic E-state index is 5.59. The van der Waals surface area contributed by atoms with Gasteiger partial charge in [-0.1, -0.05) is 0 Å². The lowest BCUT2D eigenvalue weighted by Crippen LogP contribution is -2.33. The Morgan fingerprint density at radius 1 is 1.44 bits per heavy atom. The average molecular weight is 223 g/mol. The summed E-state index contributed by atoms with van der Waals surface area (Å²) in [6, 6.07) is 0. The summed E-state index contributed by atoms with van der Waals surface area (Å²) in [6.07, 6.45) is 5.61. The molecule has 1 aromatic rings. The molecule has 0 aliphatic carbocycles. The van der Waals surface area contributed by atoms with Crippen molar-refractivity contribution in [3.63, 3.8) is 0 Å². The third kappa shape index (κ3) is 3.06. The SMILES string of the molecule is COc1cncc(OCC2CCCNC2)n1. The second kappa shape index (κ2) is 5.65. The first-order valence-corrected chi connectivity index (χ1v) is 5.58. The Bertz CT molecular complexity index is 327. The van der Waals surface area contributed by atoms with Crippen molar-refractivity contribution >= 4 is 0 Å². The lowest BCUT2D eigenvalue weighted by Gasteiger charge is -2.22. The zero-order valence-electron chi connectivity index (χ0n) is 9.48. The zero-order valence-corrected chi connectivity index (χ0v) is 9.48. The van der Waals surface area contributed by atoms with Crippen LogP contribution in [0.5, 0.6) is 11.8 Å². The summed E-state index contributed by atoms with van der Waals surface area (Å²) in [5.41, 5.74) is 0. The van der Waals surface area contributed by atoms with Crippen molar-refractivity contribution < 1.29 is 9.47 Å². The van der Waals surface area contributed by atoms with Crippen molar-refractivity contribution in [3.05, 3.63) is 12.4 Å². The number of hydrogen-bond acceptors (Lipinski definition) is 5. The number of hydrogen-bond donors (Lipinski definition) is 1. The van der Waals surface area contributed by atoms with Crippen molar-refractivity contribution in [1.82, 2.24) is 15.3 Å². The molecule has 5 heteroatoms. The van der Waals surface area contributed by atoms with E-state index in [1.165, 1.54) is 12.8 Å². The Hall–Kier alpha value is -1.36. The van der Waals surface area contributed by atoms with Gasteiger partial charge in [0.25, 0.3) is 0 Å². The standard InChI is InChI=1S/C11H17N3O2/c1-15-10-6-13-7-11(14-10)16-8-9-3-2-4-12-5-9/h6-7,9,12H,2-5,8H2,1H3. The van der Waals surface area contributed by atoms with Crippen LogP contribution in [0.1, 0.15) is 12.8 Å². The minimum atomic E-state index is 0.485. The van der Waals surface area contributed by atoms with Gasteiger partial charge in [-0.15, -0.1) is 0 Å². The number of methoxy groups -OCH3 is 1. The molecule has 1 aliphatic heterocycles. The highest BCUT2D eigenvalue weighted by Gasteiger charge is 2.13. The Kier molecular flexibility index (Phi) is 3.93. The summed E-state index contributed by atoms with van der Waals surface area (Å²) in [4.78, 5) is 8.14. The highest BCUT2D eigenvalue weighted by atomic mass is 16.5. The number of rotatable bonds is 4. The maximum Gasteiger partial charge on any atom is 0.235 e. The molecule has 0 amide bonds. The molecule has 2 rings (SSSR count). The van der Waals surface area contributed by atoms with Crippen LogP contribution >= 0.6 is 0 Å². The van der Waals surface area contributed by atoms with Crippen LogP contribution in [0.4, 0.5) is 0 Å². The molecule has 1 unspecified atom stereocenters. The van der Waals surface area contributed by atoms with Crippen LogP contribution < -0.4 is 14.8 Å². The predicted molar refractivity (Wildman–Crippen MR) is 59.7 cm³/mol. The lowest BCUT2D eigenvalue weighted by atomic mass is 10.0. The minimum absolute atomic E-state index is 0.485. The van der Waals surface area contributed by atoms with E-state index in [0.29, 0.717) is 24.3 Å². The van der Waals surface area contributed by atoms with Crippen molar-refractivity contribution in [2.24, 2.45) is 5.92 Å². The fourth-order valence-electron chi connectivity index (χ4n) is 1.77. The largest absolute Gasteiger partial charge is 0.480 e. The summed E-state index contributed by atoms with van der Waals surface area (Å²) in [5.74, 6) is 1.59. The van der Waals surface area contributed by atoms with E-state index in [-0.39, 0.29) is 0 Å². The van der Waals surface area contributed by atoms with E-state index in [4.69, 9.17) is 9.47 Å². The molecular weight excluding hydrogens is 206 g/mol. The second-order valence-corrected chi connectivity index (χ2v) is 3.92. The van der Waals surface area contributed by atoms with Crippen LogP contribution in [-0.2, 0) is 0 Å². The summed E-state index contributed by atoms with van der Waals surface area (Å²) < 4.78 is 10.6. The summed E-state index contributed by atoms with van der Waals surface area (Å²) in [5, 5.41) is 3.35. The van der Waals surface area contributed by atoms with Crippen LogP contribution in [0, 0.1) is 5.92 Å². The van der Waals surface area contributed by atoms with Crippen LogP contribution in [0.2, 0.25) is 0 Å². The maximum atomic E-state index is 5.59. The molecule has 5 nitrogen and oxygen atoms in total. The molecule has 0 saturated carbocycles. The van der Waals surface area contributed by atoms with E-state index >= 15 is 0 Å². The van der Waals surface area contributed by atoms with E-state index in [1.807, 2.05) is 0 Å². The summed E-state index contributed by atoms with van der Waals surface area (Å²) in [7, 11) is 1.57. The Balaban J connectivity index is 1.83. The number of piperidine rings is 1. The molecule has 0 spiro atoms. The van der Waals surface area contributed by atoms with Gasteiger partial charge in [-0.2, -0.15) is 4.98 Å². The van der Waals surface area contributed by atoms with Crippen molar-refractivity contribution in [2.75, 3.05) is 26.8 Å². The number of nitrogens with one attached hydrogen (secondary N) is 1. The van der Waals surface area contributed by atoms with E-state index in [9.17, 15) is 0 Å². The molecule has 1 fully saturated rings. The summed E-state index contributed by atoms with van der Waals surface area (Å²) >= 11 is 0. The van der Waals surface area contributed by atoms with Gasteiger partial charge in [0, 0.05) is 12.5 Å².